The standard InChI is InChI=1S/C20H27N3O3.ClH/c1-12-7-14(13-4-5-13)8-16-19(12)22-11-23(20(16)26)10-15(24)9-17-18(25)3-2-6-21-17;/h7-8,11,13,15,17-18,21,24-25H,2-6,9-10H2,1H3;1H/t15?,17-,18+;/m1./s1. The first-order valence-corrected chi connectivity index (χ1v) is 9.62. The van der Waals surface area contributed by atoms with Crippen LogP contribution < -0.4 is 10.9 Å². The Bertz CT molecular complexity index is 865. The predicted octanol–water partition coefficient (Wildman–Crippen LogP) is 1.87. The molecule has 1 saturated heterocycles. The molecule has 148 valence electrons. The zero-order chi connectivity index (χ0) is 18.3. The number of aliphatic hydroxyl groups excluding tert-OH is 2. The maximum atomic E-state index is 12.9. The first-order valence-electron chi connectivity index (χ1n) is 9.62. The number of nitrogens with one attached hydrogen (secondary N) is 1. The van der Waals surface area contributed by atoms with E-state index in [0.29, 0.717) is 17.7 Å². The average Bonchev–Trinajstić information content (AvgIpc) is 3.45. The normalized spacial score (nSPS) is 23.8. The summed E-state index contributed by atoms with van der Waals surface area (Å²) in [4.78, 5) is 17.4. The Morgan fingerprint density at radius 1 is 1.33 bits per heavy atom. The number of aromatic nitrogens is 2. The van der Waals surface area contributed by atoms with Crippen molar-refractivity contribution in [1.82, 2.24) is 14.9 Å². The maximum absolute atomic E-state index is 12.9. The Hall–Kier alpha value is -1.47. The van der Waals surface area contributed by atoms with Crippen LogP contribution in [0.3, 0.4) is 0 Å². The van der Waals surface area contributed by atoms with E-state index >= 15 is 0 Å². The Kier molecular flexibility index (Phi) is 6.21. The van der Waals surface area contributed by atoms with Gasteiger partial charge in [0.25, 0.3) is 5.56 Å². The van der Waals surface area contributed by atoms with Crippen LogP contribution in [0.2, 0.25) is 0 Å². The van der Waals surface area contributed by atoms with Crippen LogP contribution in [-0.4, -0.2) is 44.6 Å². The predicted molar refractivity (Wildman–Crippen MR) is 108 cm³/mol. The van der Waals surface area contributed by atoms with Gasteiger partial charge >= 0.3 is 0 Å². The van der Waals surface area contributed by atoms with Crippen molar-refractivity contribution in [2.75, 3.05) is 6.54 Å². The third kappa shape index (κ3) is 4.35. The number of halogens is 1. The number of fused-ring (bicyclic) bond motifs is 1. The minimum absolute atomic E-state index is 0. The summed E-state index contributed by atoms with van der Waals surface area (Å²) in [5.74, 6) is 0.579. The Balaban J connectivity index is 0.00000210. The zero-order valence-corrected chi connectivity index (χ0v) is 16.4. The van der Waals surface area contributed by atoms with Crippen molar-refractivity contribution in [2.24, 2.45) is 0 Å². The topological polar surface area (TPSA) is 87.4 Å². The first-order chi connectivity index (χ1) is 12.5. The minimum atomic E-state index is -0.704. The lowest BCUT2D eigenvalue weighted by molar-refractivity contribution is 0.0539. The van der Waals surface area contributed by atoms with E-state index in [1.165, 1.54) is 29.3 Å². The molecule has 7 heteroatoms. The molecule has 1 aliphatic heterocycles. The number of nitrogens with zero attached hydrogens (tertiary/aromatic N) is 2. The van der Waals surface area contributed by atoms with E-state index in [-0.39, 0.29) is 30.6 Å². The summed E-state index contributed by atoms with van der Waals surface area (Å²) in [6.45, 7) is 3.05. The Labute approximate surface area is 165 Å². The molecule has 4 rings (SSSR count). The fourth-order valence-corrected chi connectivity index (χ4v) is 4.03. The summed E-state index contributed by atoms with van der Waals surface area (Å²) in [7, 11) is 0. The van der Waals surface area contributed by atoms with Gasteiger partial charge in [0.15, 0.2) is 0 Å². The smallest absolute Gasteiger partial charge is 0.261 e. The van der Waals surface area contributed by atoms with Crippen LogP contribution in [0, 0.1) is 6.92 Å². The number of benzene rings is 1. The third-order valence-corrected chi connectivity index (χ3v) is 5.67. The molecule has 2 fully saturated rings. The number of hydrogen-bond donors (Lipinski definition) is 3. The van der Waals surface area contributed by atoms with Gasteiger partial charge in [-0.2, -0.15) is 0 Å². The molecular weight excluding hydrogens is 366 g/mol. The number of aryl methyl sites for hydroxylation is 1. The molecule has 6 nitrogen and oxygen atoms in total. The molecule has 3 N–H and O–H groups in total. The molecule has 1 unspecified atom stereocenters. The van der Waals surface area contributed by atoms with E-state index in [1.54, 1.807) is 0 Å². The maximum Gasteiger partial charge on any atom is 0.261 e. The molecule has 0 bridgehead atoms. The van der Waals surface area contributed by atoms with Gasteiger partial charge in [-0.1, -0.05) is 6.07 Å². The van der Waals surface area contributed by atoms with E-state index < -0.39 is 12.2 Å². The van der Waals surface area contributed by atoms with Gasteiger partial charge in [0.1, 0.15) is 0 Å². The third-order valence-electron chi connectivity index (χ3n) is 5.67. The van der Waals surface area contributed by atoms with E-state index in [2.05, 4.69) is 16.4 Å². The molecule has 3 atom stereocenters. The van der Waals surface area contributed by atoms with Crippen molar-refractivity contribution in [2.45, 2.75) is 69.7 Å². The number of hydrogen-bond acceptors (Lipinski definition) is 5. The minimum Gasteiger partial charge on any atom is -0.392 e. The summed E-state index contributed by atoms with van der Waals surface area (Å²) in [5, 5.41) is 24.4. The van der Waals surface area contributed by atoms with Gasteiger partial charge in [0.2, 0.25) is 0 Å². The summed E-state index contributed by atoms with van der Waals surface area (Å²) < 4.78 is 1.50. The summed E-state index contributed by atoms with van der Waals surface area (Å²) in [5.41, 5.74) is 2.90. The Morgan fingerprint density at radius 3 is 2.81 bits per heavy atom. The van der Waals surface area contributed by atoms with Crippen LogP contribution in [0.1, 0.15) is 49.1 Å². The summed E-state index contributed by atoms with van der Waals surface area (Å²) in [6.07, 6.45) is 4.90. The second-order valence-electron chi connectivity index (χ2n) is 7.87. The van der Waals surface area contributed by atoms with Gasteiger partial charge in [-0.05, 0) is 68.7 Å². The van der Waals surface area contributed by atoms with Crippen molar-refractivity contribution in [3.05, 3.63) is 39.9 Å². The van der Waals surface area contributed by atoms with E-state index in [1.807, 2.05) is 13.0 Å². The fraction of sp³-hybridized carbons (Fsp3) is 0.600. The molecule has 1 aromatic carbocycles. The zero-order valence-electron chi connectivity index (χ0n) is 15.6. The highest BCUT2D eigenvalue weighted by atomic mass is 35.5. The van der Waals surface area contributed by atoms with Crippen LogP contribution in [0.5, 0.6) is 0 Å². The molecule has 2 aromatic rings. The molecule has 27 heavy (non-hydrogen) atoms. The molecule has 1 aromatic heterocycles. The van der Waals surface area contributed by atoms with Crippen molar-refractivity contribution < 1.29 is 10.2 Å². The van der Waals surface area contributed by atoms with E-state index in [4.69, 9.17) is 0 Å². The lowest BCUT2D eigenvalue weighted by atomic mass is 9.96. The van der Waals surface area contributed by atoms with Crippen LogP contribution in [0.4, 0.5) is 0 Å². The molecular formula is C20H28ClN3O3. The van der Waals surface area contributed by atoms with Crippen molar-refractivity contribution >= 4 is 23.3 Å². The van der Waals surface area contributed by atoms with Gasteiger partial charge in [-0.3, -0.25) is 9.36 Å². The largest absolute Gasteiger partial charge is 0.392 e. The number of aliphatic hydroxyl groups is 2. The molecule has 1 saturated carbocycles. The van der Waals surface area contributed by atoms with Gasteiger partial charge in [0, 0.05) is 6.04 Å². The first kappa shape index (κ1) is 20.3. The molecule has 2 aliphatic rings. The highest BCUT2D eigenvalue weighted by Gasteiger charge is 2.26. The monoisotopic (exact) mass is 393 g/mol. The summed E-state index contributed by atoms with van der Waals surface area (Å²) in [6, 6.07) is 4.00. The molecule has 0 amide bonds. The highest BCUT2D eigenvalue weighted by molar-refractivity contribution is 5.85. The van der Waals surface area contributed by atoms with Crippen LogP contribution in [0.15, 0.2) is 23.3 Å². The van der Waals surface area contributed by atoms with Crippen LogP contribution >= 0.6 is 12.4 Å². The SMILES string of the molecule is Cc1cc(C2CC2)cc2c(=O)n(CC(O)C[C@H]3NCCC[C@@H]3O)cnc12.Cl. The molecule has 0 radical (unpaired) electrons. The second-order valence-corrected chi connectivity index (χ2v) is 7.87. The molecule has 0 spiro atoms. The van der Waals surface area contributed by atoms with Crippen LogP contribution in [0.25, 0.3) is 10.9 Å². The lowest BCUT2D eigenvalue weighted by Crippen LogP contribution is -2.47. The van der Waals surface area contributed by atoms with Crippen molar-refractivity contribution in [1.29, 1.82) is 0 Å². The second kappa shape index (κ2) is 8.27. The summed E-state index contributed by atoms with van der Waals surface area (Å²) >= 11 is 0. The molecule has 1 aliphatic carbocycles. The van der Waals surface area contributed by atoms with E-state index in [9.17, 15) is 15.0 Å². The van der Waals surface area contributed by atoms with Crippen LogP contribution in [-0.2, 0) is 6.54 Å². The number of rotatable bonds is 5. The van der Waals surface area contributed by atoms with Gasteiger partial charge in [-0.15, -0.1) is 12.4 Å². The fourth-order valence-electron chi connectivity index (χ4n) is 4.03. The van der Waals surface area contributed by atoms with E-state index in [0.717, 1.165) is 30.5 Å². The van der Waals surface area contributed by atoms with Gasteiger partial charge < -0.3 is 15.5 Å². The lowest BCUT2D eigenvalue weighted by Gasteiger charge is -2.30. The highest BCUT2D eigenvalue weighted by Crippen LogP contribution is 2.41. The molecule has 2 heterocycles. The quantitative estimate of drug-likeness (QED) is 0.721. The average molecular weight is 394 g/mol. The van der Waals surface area contributed by atoms with Crippen molar-refractivity contribution in [3.63, 3.8) is 0 Å². The number of piperidine rings is 1. The van der Waals surface area contributed by atoms with Crippen molar-refractivity contribution in [3.8, 4) is 0 Å². The van der Waals surface area contributed by atoms with Gasteiger partial charge in [-0.25, -0.2) is 4.98 Å². The van der Waals surface area contributed by atoms with Gasteiger partial charge in [0.05, 0.1) is 36.0 Å². The Morgan fingerprint density at radius 2 is 2.11 bits per heavy atom.